The first-order valence-corrected chi connectivity index (χ1v) is 12.3. The van der Waals surface area contributed by atoms with Gasteiger partial charge in [0, 0.05) is 53.2 Å². The summed E-state index contributed by atoms with van der Waals surface area (Å²) < 4.78 is 0. The Morgan fingerprint density at radius 3 is 2.35 bits per heavy atom. The van der Waals surface area contributed by atoms with Crippen LogP contribution >= 0.6 is 0 Å². The number of nitrogens with one attached hydrogen (secondary N) is 2. The lowest BCUT2D eigenvalue weighted by Crippen LogP contribution is -2.42. The van der Waals surface area contributed by atoms with Crippen molar-refractivity contribution in [1.29, 1.82) is 0 Å². The van der Waals surface area contributed by atoms with Gasteiger partial charge in [0.15, 0.2) is 0 Å². The highest BCUT2D eigenvalue weighted by molar-refractivity contribution is 5.62. The van der Waals surface area contributed by atoms with Gasteiger partial charge in [0.1, 0.15) is 6.23 Å². The van der Waals surface area contributed by atoms with Crippen molar-refractivity contribution in [3.63, 3.8) is 0 Å². The van der Waals surface area contributed by atoms with Gasteiger partial charge >= 0.3 is 0 Å². The van der Waals surface area contributed by atoms with Crippen molar-refractivity contribution < 1.29 is 5.11 Å². The molecule has 1 atom stereocenters. The number of aryl methyl sites for hydroxylation is 2. The van der Waals surface area contributed by atoms with E-state index >= 15 is 0 Å². The second kappa shape index (κ2) is 11.2. The number of anilines is 1. The summed E-state index contributed by atoms with van der Waals surface area (Å²) in [6.45, 7) is 9.16. The van der Waals surface area contributed by atoms with Gasteiger partial charge in [-0.05, 0) is 96.8 Å². The van der Waals surface area contributed by atoms with Gasteiger partial charge in [0.05, 0.1) is 0 Å². The minimum absolute atomic E-state index is 0.127. The summed E-state index contributed by atoms with van der Waals surface area (Å²) in [5.41, 5.74) is 5.85. The number of pyridine rings is 1. The van der Waals surface area contributed by atoms with Crippen LogP contribution in [-0.4, -0.2) is 47.7 Å². The lowest BCUT2D eigenvalue weighted by atomic mass is 9.88. The van der Waals surface area contributed by atoms with Crippen LogP contribution in [0.3, 0.4) is 0 Å². The molecule has 0 aliphatic heterocycles. The van der Waals surface area contributed by atoms with Gasteiger partial charge < -0.3 is 19.9 Å². The Kier molecular flexibility index (Phi) is 8.59. The maximum absolute atomic E-state index is 12.4. The number of aromatic amines is 1. The fraction of sp³-hybridized carbons (Fsp3) is 0.536. The summed E-state index contributed by atoms with van der Waals surface area (Å²) >= 11 is 0. The zero-order chi connectivity index (χ0) is 25.0. The lowest BCUT2D eigenvalue weighted by molar-refractivity contribution is 0.136. The van der Waals surface area contributed by atoms with Crippen LogP contribution in [0.15, 0.2) is 23.0 Å². The zero-order valence-corrected chi connectivity index (χ0v) is 21.5. The van der Waals surface area contributed by atoms with E-state index < -0.39 is 6.23 Å². The maximum Gasteiger partial charge on any atom is 0.252 e. The van der Waals surface area contributed by atoms with Gasteiger partial charge in [-0.15, -0.1) is 6.42 Å². The van der Waals surface area contributed by atoms with Gasteiger partial charge in [-0.2, -0.15) is 0 Å². The number of aliphatic hydroxyl groups is 1. The summed E-state index contributed by atoms with van der Waals surface area (Å²) in [6, 6.07) is 6.99. The molecule has 3 rings (SSSR count). The van der Waals surface area contributed by atoms with Gasteiger partial charge in [-0.1, -0.05) is 5.92 Å². The molecule has 1 aliphatic carbocycles. The molecular formula is C28H40N4O2. The average molecular weight is 465 g/mol. The van der Waals surface area contributed by atoms with Crippen LogP contribution in [0.25, 0.3) is 0 Å². The quantitative estimate of drug-likeness (QED) is 0.410. The molecule has 0 amide bonds. The van der Waals surface area contributed by atoms with Crippen molar-refractivity contribution in [2.45, 2.75) is 78.2 Å². The average Bonchev–Trinajstić information content (AvgIpc) is 2.80. The van der Waals surface area contributed by atoms with E-state index in [9.17, 15) is 9.90 Å². The van der Waals surface area contributed by atoms with Crippen molar-refractivity contribution in [2.24, 2.45) is 0 Å². The molecular weight excluding hydrogens is 424 g/mol. The van der Waals surface area contributed by atoms with E-state index in [0.717, 1.165) is 53.0 Å². The second-order valence-corrected chi connectivity index (χ2v) is 9.79. The van der Waals surface area contributed by atoms with E-state index in [0.29, 0.717) is 17.6 Å². The van der Waals surface area contributed by atoms with Gasteiger partial charge in [-0.25, -0.2) is 0 Å². The van der Waals surface area contributed by atoms with Gasteiger partial charge in [0.2, 0.25) is 0 Å². The molecule has 0 spiro atoms. The van der Waals surface area contributed by atoms with Crippen LogP contribution in [0.1, 0.15) is 72.3 Å². The third-order valence-electron chi connectivity index (χ3n) is 7.34. The molecule has 1 unspecified atom stereocenters. The van der Waals surface area contributed by atoms with E-state index in [1.165, 1.54) is 12.8 Å². The van der Waals surface area contributed by atoms with Crippen LogP contribution in [-0.2, 0) is 6.54 Å². The molecule has 1 heterocycles. The van der Waals surface area contributed by atoms with Gasteiger partial charge in [-0.3, -0.25) is 10.1 Å². The summed E-state index contributed by atoms with van der Waals surface area (Å²) in [5, 5.41) is 14.2. The van der Waals surface area contributed by atoms with E-state index in [4.69, 9.17) is 6.42 Å². The first-order valence-electron chi connectivity index (χ1n) is 12.3. The Bertz CT molecular complexity index is 1090. The molecule has 34 heavy (non-hydrogen) atoms. The van der Waals surface area contributed by atoms with E-state index in [1.807, 2.05) is 32.9 Å². The number of hydrogen-bond acceptors (Lipinski definition) is 5. The standard InChI is InChI=1S/C28H40N4O2/c1-8-21-15-24(27(33)29-17-25-18(3)14-19(4)30-28(25)34)20(5)26(16-21)32(9-2)23-12-10-22(11-13-23)31(6)7/h1,14-16,22-23,27,29,33H,9-13,17H2,2-7H3,(H,30,34). The van der Waals surface area contributed by atoms with Crippen molar-refractivity contribution in [2.75, 3.05) is 25.5 Å². The second-order valence-electron chi connectivity index (χ2n) is 9.79. The molecule has 3 N–H and O–H groups in total. The molecule has 6 heteroatoms. The van der Waals surface area contributed by atoms with E-state index in [2.05, 4.69) is 53.1 Å². The molecule has 0 saturated heterocycles. The molecule has 1 saturated carbocycles. The highest BCUT2D eigenvalue weighted by Gasteiger charge is 2.28. The molecule has 1 aliphatic rings. The number of H-pyrrole nitrogens is 1. The molecule has 184 valence electrons. The highest BCUT2D eigenvalue weighted by Crippen LogP contribution is 2.34. The Labute approximate surface area is 204 Å². The van der Waals surface area contributed by atoms with E-state index in [-0.39, 0.29) is 12.1 Å². The zero-order valence-electron chi connectivity index (χ0n) is 21.5. The largest absolute Gasteiger partial charge is 0.374 e. The summed E-state index contributed by atoms with van der Waals surface area (Å²) in [6.07, 6.45) is 9.52. The number of aliphatic hydroxyl groups excluding tert-OH is 1. The van der Waals surface area contributed by atoms with Crippen LogP contribution in [0.4, 0.5) is 5.69 Å². The smallest absolute Gasteiger partial charge is 0.252 e. The predicted octanol–water partition coefficient (Wildman–Crippen LogP) is 3.76. The maximum atomic E-state index is 12.4. The first-order chi connectivity index (χ1) is 16.2. The van der Waals surface area contributed by atoms with Crippen LogP contribution in [0.5, 0.6) is 0 Å². The number of rotatable bonds is 8. The first kappa shape index (κ1) is 26.0. The normalized spacial score (nSPS) is 19.1. The number of terminal acetylenes is 1. The van der Waals surface area contributed by atoms with Crippen LogP contribution in [0, 0.1) is 33.1 Å². The number of nitrogens with zero attached hydrogens (tertiary/aromatic N) is 2. The Morgan fingerprint density at radius 2 is 1.79 bits per heavy atom. The SMILES string of the molecule is C#Cc1cc(C(O)NCc2c(C)cc(C)[nH]c2=O)c(C)c(N(CC)C2CCC(N(C)C)CC2)c1. The third-order valence-corrected chi connectivity index (χ3v) is 7.34. The molecule has 6 nitrogen and oxygen atoms in total. The third kappa shape index (κ3) is 5.72. The minimum Gasteiger partial charge on any atom is -0.374 e. The predicted molar refractivity (Wildman–Crippen MR) is 140 cm³/mol. The Hall–Kier alpha value is -2.59. The van der Waals surface area contributed by atoms with Crippen LogP contribution in [0.2, 0.25) is 0 Å². The van der Waals surface area contributed by atoms with E-state index in [1.54, 1.807) is 0 Å². The minimum atomic E-state index is -0.935. The van der Waals surface area contributed by atoms with Crippen molar-refractivity contribution in [3.8, 4) is 12.3 Å². The fourth-order valence-electron chi connectivity index (χ4n) is 5.31. The number of benzene rings is 1. The fourth-order valence-corrected chi connectivity index (χ4v) is 5.31. The number of hydrogen-bond donors (Lipinski definition) is 3. The molecule has 1 aromatic carbocycles. The van der Waals surface area contributed by atoms with Gasteiger partial charge in [0.25, 0.3) is 5.56 Å². The van der Waals surface area contributed by atoms with Crippen molar-refractivity contribution in [1.82, 2.24) is 15.2 Å². The van der Waals surface area contributed by atoms with Crippen molar-refractivity contribution in [3.05, 3.63) is 62.1 Å². The summed E-state index contributed by atoms with van der Waals surface area (Å²) in [7, 11) is 4.32. The summed E-state index contributed by atoms with van der Waals surface area (Å²) in [5.74, 6) is 2.76. The number of aromatic nitrogens is 1. The monoisotopic (exact) mass is 464 g/mol. The summed E-state index contributed by atoms with van der Waals surface area (Å²) in [4.78, 5) is 20.0. The Balaban J connectivity index is 1.85. The van der Waals surface area contributed by atoms with Crippen molar-refractivity contribution >= 4 is 5.69 Å². The molecule has 1 aromatic heterocycles. The van der Waals surface area contributed by atoms with Crippen LogP contribution < -0.4 is 15.8 Å². The Morgan fingerprint density at radius 1 is 1.15 bits per heavy atom. The molecule has 2 aromatic rings. The molecule has 0 bridgehead atoms. The molecule has 0 radical (unpaired) electrons. The highest BCUT2D eigenvalue weighted by atomic mass is 16.3. The molecule has 1 fully saturated rings. The lowest BCUT2D eigenvalue weighted by Gasteiger charge is -2.40. The topological polar surface area (TPSA) is 71.6 Å².